The maximum absolute atomic E-state index is 13.2. The van der Waals surface area contributed by atoms with Gasteiger partial charge in [-0.15, -0.1) is 0 Å². The minimum absolute atomic E-state index is 0.0913. The Labute approximate surface area is 143 Å². The van der Waals surface area contributed by atoms with Crippen molar-refractivity contribution < 1.29 is 18.8 Å². The minimum atomic E-state index is -0.981. The van der Waals surface area contributed by atoms with Crippen LogP contribution in [0, 0.1) is 15.9 Å². The Hall–Kier alpha value is -2.19. The van der Waals surface area contributed by atoms with E-state index in [1.54, 1.807) is 18.2 Å². The Kier molecular flexibility index (Phi) is 5.51. The van der Waals surface area contributed by atoms with Crippen molar-refractivity contribution in [2.24, 2.45) is 0 Å². The van der Waals surface area contributed by atoms with Crippen molar-refractivity contribution in [3.63, 3.8) is 0 Å². The van der Waals surface area contributed by atoms with Crippen LogP contribution in [0.5, 0.6) is 5.75 Å². The molecule has 0 aliphatic rings. The van der Waals surface area contributed by atoms with Crippen LogP contribution < -0.4 is 10.1 Å². The number of ether oxygens (including phenoxy) is 1. The summed E-state index contributed by atoms with van der Waals surface area (Å²) in [6.07, 6.45) is 0. The Bertz CT molecular complexity index is 772. The maximum atomic E-state index is 13.2. The number of carbonyl (C=O) groups is 1. The van der Waals surface area contributed by atoms with Crippen molar-refractivity contribution >= 4 is 44.8 Å². The molecule has 9 heteroatoms. The van der Waals surface area contributed by atoms with Gasteiger partial charge >= 0.3 is 5.69 Å². The average Bonchev–Trinajstić information content (AvgIpc) is 2.48. The molecule has 0 aliphatic carbocycles. The number of nitro groups is 1. The molecule has 0 bridgehead atoms. The van der Waals surface area contributed by atoms with Crippen molar-refractivity contribution in [2.45, 2.75) is 0 Å². The van der Waals surface area contributed by atoms with E-state index in [0.29, 0.717) is 10.8 Å². The number of benzene rings is 2. The molecule has 0 saturated carbocycles. The topological polar surface area (TPSA) is 81.5 Å². The van der Waals surface area contributed by atoms with E-state index in [-0.39, 0.29) is 12.3 Å². The quantitative estimate of drug-likeness (QED) is 0.600. The molecule has 0 radical (unpaired) electrons. The van der Waals surface area contributed by atoms with Gasteiger partial charge in [0, 0.05) is 16.2 Å². The van der Waals surface area contributed by atoms with E-state index in [1.165, 1.54) is 6.07 Å². The number of halogens is 3. The number of hydrogen-bond donors (Lipinski definition) is 1. The van der Waals surface area contributed by atoms with Gasteiger partial charge in [0.1, 0.15) is 5.75 Å². The number of nitrogens with zero attached hydrogens (tertiary/aromatic N) is 1. The molecule has 0 spiro atoms. The fraction of sp³-hybridized carbons (Fsp3) is 0.0714. The first-order valence-corrected chi connectivity index (χ1v) is 7.35. The van der Waals surface area contributed by atoms with Crippen LogP contribution in [-0.2, 0) is 4.79 Å². The molecule has 0 heterocycles. The van der Waals surface area contributed by atoms with Crippen LogP contribution in [0.1, 0.15) is 0 Å². The molecule has 0 unspecified atom stereocenters. The lowest BCUT2D eigenvalue weighted by Gasteiger charge is -2.09. The Morgan fingerprint density at radius 1 is 1.35 bits per heavy atom. The predicted octanol–water partition coefficient (Wildman–Crippen LogP) is 4.17. The van der Waals surface area contributed by atoms with Gasteiger partial charge in [0.2, 0.25) is 5.82 Å². The second kappa shape index (κ2) is 7.38. The Morgan fingerprint density at radius 3 is 2.74 bits per heavy atom. The van der Waals surface area contributed by atoms with Crippen molar-refractivity contribution in [3.05, 3.63) is 61.8 Å². The van der Waals surface area contributed by atoms with E-state index in [2.05, 4.69) is 21.2 Å². The SMILES string of the molecule is O=C(COc1ccc(Br)cc1Cl)Nc1ccc(F)c([N+](=O)[O-])c1. The molecule has 0 fully saturated rings. The highest BCUT2D eigenvalue weighted by atomic mass is 79.9. The van der Waals surface area contributed by atoms with Crippen LogP contribution in [0.3, 0.4) is 0 Å². The van der Waals surface area contributed by atoms with Gasteiger partial charge in [-0.05, 0) is 30.3 Å². The summed E-state index contributed by atoms with van der Waals surface area (Å²) >= 11 is 9.18. The highest BCUT2D eigenvalue weighted by Crippen LogP contribution is 2.27. The number of amides is 1. The zero-order chi connectivity index (χ0) is 17.0. The number of nitro benzene ring substituents is 1. The van der Waals surface area contributed by atoms with Gasteiger partial charge in [-0.2, -0.15) is 4.39 Å². The lowest BCUT2D eigenvalue weighted by molar-refractivity contribution is -0.387. The van der Waals surface area contributed by atoms with E-state index >= 15 is 0 Å². The summed E-state index contributed by atoms with van der Waals surface area (Å²) in [5.41, 5.74) is -0.631. The van der Waals surface area contributed by atoms with Crippen LogP contribution in [0.4, 0.5) is 15.8 Å². The zero-order valence-corrected chi connectivity index (χ0v) is 13.7. The summed E-state index contributed by atoms with van der Waals surface area (Å²) in [6, 6.07) is 7.94. The number of anilines is 1. The van der Waals surface area contributed by atoms with Gasteiger partial charge in [-0.25, -0.2) is 0 Å². The third-order valence-corrected chi connectivity index (χ3v) is 3.47. The summed E-state index contributed by atoms with van der Waals surface area (Å²) in [5.74, 6) is -1.23. The average molecular weight is 404 g/mol. The van der Waals surface area contributed by atoms with E-state index in [0.717, 1.165) is 16.6 Å². The molecule has 2 aromatic carbocycles. The van der Waals surface area contributed by atoms with Gasteiger partial charge in [0.25, 0.3) is 5.91 Å². The molecule has 120 valence electrons. The number of hydrogen-bond acceptors (Lipinski definition) is 4. The first-order chi connectivity index (χ1) is 10.9. The van der Waals surface area contributed by atoms with Crippen LogP contribution in [-0.4, -0.2) is 17.4 Å². The maximum Gasteiger partial charge on any atom is 0.306 e. The summed E-state index contributed by atoms with van der Waals surface area (Å²) in [6.45, 7) is -0.355. The van der Waals surface area contributed by atoms with Crippen LogP contribution in [0.25, 0.3) is 0 Å². The van der Waals surface area contributed by atoms with Gasteiger partial charge in [0.05, 0.1) is 9.95 Å². The monoisotopic (exact) mass is 402 g/mol. The molecule has 0 aromatic heterocycles. The molecular weight excluding hydrogens is 395 g/mol. The van der Waals surface area contributed by atoms with Gasteiger partial charge in [-0.1, -0.05) is 27.5 Å². The Morgan fingerprint density at radius 2 is 2.09 bits per heavy atom. The molecule has 0 aliphatic heterocycles. The summed E-state index contributed by atoms with van der Waals surface area (Å²) in [4.78, 5) is 21.6. The smallest absolute Gasteiger partial charge is 0.306 e. The van der Waals surface area contributed by atoms with Gasteiger partial charge in [-0.3, -0.25) is 14.9 Å². The largest absolute Gasteiger partial charge is 0.482 e. The van der Waals surface area contributed by atoms with E-state index in [9.17, 15) is 19.3 Å². The molecule has 2 aromatic rings. The van der Waals surface area contributed by atoms with E-state index < -0.39 is 22.3 Å². The molecule has 1 N–H and O–H groups in total. The molecular formula is C14H9BrClFN2O4. The van der Waals surface area contributed by atoms with Crippen LogP contribution >= 0.6 is 27.5 Å². The first kappa shape index (κ1) is 17.2. The molecule has 6 nitrogen and oxygen atoms in total. The molecule has 23 heavy (non-hydrogen) atoms. The molecule has 0 atom stereocenters. The van der Waals surface area contributed by atoms with Gasteiger partial charge < -0.3 is 10.1 Å². The standard InChI is InChI=1S/C14H9BrClFN2O4/c15-8-1-4-13(10(16)5-8)23-7-14(20)18-9-2-3-11(17)12(6-9)19(21)22/h1-6H,7H2,(H,18,20). The number of rotatable bonds is 5. The minimum Gasteiger partial charge on any atom is -0.482 e. The van der Waals surface area contributed by atoms with E-state index in [4.69, 9.17) is 16.3 Å². The van der Waals surface area contributed by atoms with E-state index in [1.807, 2.05) is 0 Å². The lowest BCUT2D eigenvalue weighted by Crippen LogP contribution is -2.20. The van der Waals surface area contributed by atoms with Crippen molar-refractivity contribution in [1.29, 1.82) is 0 Å². The summed E-state index contributed by atoms with van der Waals surface area (Å²) < 4.78 is 19.2. The molecule has 2 rings (SSSR count). The first-order valence-electron chi connectivity index (χ1n) is 6.18. The third kappa shape index (κ3) is 4.64. The van der Waals surface area contributed by atoms with Crippen molar-refractivity contribution in [3.8, 4) is 5.75 Å². The lowest BCUT2D eigenvalue weighted by atomic mass is 10.2. The fourth-order valence-corrected chi connectivity index (χ4v) is 2.39. The highest BCUT2D eigenvalue weighted by molar-refractivity contribution is 9.10. The van der Waals surface area contributed by atoms with Crippen molar-refractivity contribution in [1.82, 2.24) is 0 Å². The summed E-state index contributed by atoms with van der Waals surface area (Å²) in [7, 11) is 0. The third-order valence-electron chi connectivity index (χ3n) is 2.68. The number of carbonyl (C=O) groups excluding carboxylic acids is 1. The summed E-state index contributed by atoms with van der Waals surface area (Å²) in [5, 5.41) is 13.3. The number of nitrogens with one attached hydrogen (secondary N) is 1. The molecule has 0 saturated heterocycles. The second-order valence-electron chi connectivity index (χ2n) is 4.33. The second-order valence-corrected chi connectivity index (χ2v) is 5.66. The Balaban J connectivity index is 2.00. The zero-order valence-electron chi connectivity index (χ0n) is 11.4. The molecule has 1 amide bonds. The normalized spacial score (nSPS) is 10.2. The van der Waals surface area contributed by atoms with Crippen LogP contribution in [0.15, 0.2) is 40.9 Å². The van der Waals surface area contributed by atoms with Crippen molar-refractivity contribution in [2.75, 3.05) is 11.9 Å². The highest BCUT2D eigenvalue weighted by Gasteiger charge is 2.15. The van der Waals surface area contributed by atoms with Gasteiger partial charge in [0.15, 0.2) is 6.61 Å². The fourth-order valence-electron chi connectivity index (χ4n) is 1.66. The van der Waals surface area contributed by atoms with Crippen LogP contribution in [0.2, 0.25) is 5.02 Å². The predicted molar refractivity (Wildman–Crippen MR) is 86.3 cm³/mol.